The molecule has 0 aromatic rings. The zero-order valence-corrected chi connectivity index (χ0v) is 17.0. The molecule has 0 aliphatic carbocycles. The van der Waals surface area contributed by atoms with Gasteiger partial charge in [0.25, 0.3) is 0 Å². The first-order chi connectivity index (χ1) is 14.0. The Morgan fingerprint density at radius 2 is 1.66 bits per heavy atom. The maximum atomic E-state index is 12.1. The van der Waals surface area contributed by atoms with Crippen molar-refractivity contribution in [2.75, 3.05) is 6.54 Å². The van der Waals surface area contributed by atoms with E-state index in [0.29, 0.717) is 5.31 Å². The molecule has 3 atom stereocenters. The Bertz CT molecular complexity index is 654. The normalized spacial score (nSPS) is 14.4. The van der Waals surface area contributed by atoms with Gasteiger partial charge < -0.3 is 26.2 Å². The van der Waals surface area contributed by atoms with Crippen molar-refractivity contribution in [2.45, 2.75) is 65.0 Å². The van der Waals surface area contributed by atoms with E-state index in [1.165, 1.54) is 6.92 Å². The van der Waals surface area contributed by atoms with Crippen LogP contribution >= 0.6 is 0 Å². The predicted octanol–water partition coefficient (Wildman–Crippen LogP) is 0.424. The number of carboxylic acids is 2. The Morgan fingerprint density at radius 3 is 2.17 bits per heavy atom. The number of hydrogen-bond acceptors (Lipinski definition) is 5. The Hall–Kier alpha value is -2.91. The Morgan fingerprint density at radius 1 is 1.00 bits per heavy atom. The molecule has 10 nitrogen and oxygen atoms in total. The van der Waals surface area contributed by atoms with E-state index >= 15 is 0 Å². The Balaban J connectivity index is 4.64. The Kier molecular flexibility index (Phi) is 11.8. The average Bonchev–Trinajstić information content (AvgIpc) is 2.67. The van der Waals surface area contributed by atoms with Gasteiger partial charge in [-0.2, -0.15) is 0 Å². The number of rotatable bonds is 14. The van der Waals surface area contributed by atoms with E-state index in [1.807, 2.05) is 26.0 Å². The minimum atomic E-state index is -1.31. The second-order valence-electron chi connectivity index (χ2n) is 6.54. The molecule has 3 amide bonds. The van der Waals surface area contributed by atoms with Gasteiger partial charge in [-0.15, -0.1) is 0 Å². The third-order valence-corrected chi connectivity index (χ3v) is 4.04. The molecule has 10 heteroatoms. The maximum absolute atomic E-state index is 12.1. The van der Waals surface area contributed by atoms with E-state index in [-0.39, 0.29) is 25.2 Å². The summed E-state index contributed by atoms with van der Waals surface area (Å²) in [5.74, 6) is -4.70. The monoisotopic (exact) mass is 414 g/mol. The fourth-order valence-corrected chi connectivity index (χ4v) is 2.28. The SMILES string of the molecule is [2H]N(CC(=O)N[C@@H](C)C(=O)O)C(=O)CC[C@@H](NC(=O)C[C@H](C=CCC)CC)C(=O)O. The van der Waals surface area contributed by atoms with Gasteiger partial charge in [0.15, 0.2) is 1.41 Å². The molecule has 0 rings (SSSR count). The van der Waals surface area contributed by atoms with Crippen LogP contribution in [0.5, 0.6) is 0 Å². The molecular weight excluding hydrogens is 382 g/mol. The summed E-state index contributed by atoms with van der Waals surface area (Å²) in [6.07, 6.45) is 4.89. The highest BCUT2D eigenvalue weighted by Gasteiger charge is 2.22. The molecule has 0 aliphatic heterocycles. The molecule has 0 unspecified atom stereocenters. The lowest BCUT2D eigenvalue weighted by atomic mass is 10.0. The van der Waals surface area contributed by atoms with Crippen LogP contribution < -0.4 is 15.9 Å². The molecular formula is C19H31N3O7. The lowest BCUT2D eigenvalue weighted by molar-refractivity contribution is -0.142. The smallest absolute Gasteiger partial charge is 0.326 e. The minimum absolute atomic E-state index is 0.0172. The van der Waals surface area contributed by atoms with Crippen LogP contribution in [0.3, 0.4) is 0 Å². The first kappa shape index (κ1) is 24.1. The molecule has 5 N–H and O–H groups in total. The molecule has 0 heterocycles. The van der Waals surface area contributed by atoms with Gasteiger partial charge >= 0.3 is 11.9 Å². The highest BCUT2D eigenvalue weighted by Crippen LogP contribution is 2.11. The van der Waals surface area contributed by atoms with Crippen LogP contribution in [0, 0.1) is 5.92 Å². The van der Waals surface area contributed by atoms with Gasteiger partial charge in [0.05, 0.1) is 6.54 Å². The van der Waals surface area contributed by atoms with Gasteiger partial charge in [-0.25, -0.2) is 4.79 Å². The van der Waals surface area contributed by atoms with Gasteiger partial charge in [0.2, 0.25) is 17.7 Å². The lowest BCUT2D eigenvalue weighted by Gasteiger charge is -2.16. The van der Waals surface area contributed by atoms with Crippen LogP contribution in [0.4, 0.5) is 0 Å². The number of nitrogens with one attached hydrogen (secondary N) is 3. The highest BCUT2D eigenvalue weighted by atomic mass is 16.4. The van der Waals surface area contributed by atoms with E-state index < -0.39 is 48.3 Å². The summed E-state index contributed by atoms with van der Waals surface area (Å²) in [6.45, 7) is 4.42. The average molecular weight is 414 g/mol. The van der Waals surface area contributed by atoms with E-state index in [1.54, 1.807) is 0 Å². The van der Waals surface area contributed by atoms with Crippen molar-refractivity contribution < 1.29 is 35.6 Å². The molecule has 0 saturated heterocycles. The number of aliphatic carboxylic acids is 2. The van der Waals surface area contributed by atoms with Crippen molar-refractivity contribution in [3.63, 3.8) is 0 Å². The molecule has 0 aromatic carbocycles. The third-order valence-electron chi connectivity index (χ3n) is 4.04. The summed E-state index contributed by atoms with van der Waals surface area (Å²) in [4.78, 5) is 57.8. The van der Waals surface area contributed by atoms with Crippen LogP contribution in [0.25, 0.3) is 0 Å². The van der Waals surface area contributed by atoms with Gasteiger partial charge in [-0.05, 0) is 32.1 Å². The molecule has 0 fully saturated rings. The zero-order chi connectivity index (χ0) is 23.3. The van der Waals surface area contributed by atoms with Gasteiger partial charge in [-0.3, -0.25) is 19.2 Å². The van der Waals surface area contributed by atoms with Crippen molar-refractivity contribution in [3.05, 3.63) is 12.2 Å². The van der Waals surface area contributed by atoms with E-state index in [4.69, 9.17) is 6.52 Å². The Labute approximate surface area is 171 Å². The third kappa shape index (κ3) is 12.2. The molecule has 29 heavy (non-hydrogen) atoms. The summed E-state index contributed by atoms with van der Waals surface area (Å²) in [5, 5.41) is 22.8. The first-order valence-electron chi connectivity index (χ1n) is 9.96. The number of hydrogen-bond donors (Lipinski definition) is 5. The van der Waals surface area contributed by atoms with Crippen LogP contribution in [0.2, 0.25) is 1.41 Å². The summed E-state index contributed by atoms with van der Waals surface area (Å²) in [5.41, 5.74) is 0. The zero-order valence-electron chi connectivity index (χ0n) is 18.0. The van der Waals surface area contributed by atoms with Crippen LogP contribution in [0.15, 0.2) is 12.2 Å². The van der Waals surface area contributed by atoms with Crippen LogP contribution in [-0.2, 0) is 24.0 Å². The maximum Gasteiger partial charge on any atom is 0.326 e. The number of carboxylic acid groups (broad SMARTS) is 2. The van der Waals surface area contributed by atoms with Crippen molar-refractivity contribution in [1.82, 2.24) is 15.9 Å². The molecule has 164 valence electrons. The molecule has 0 bridgehead atoms. The lowest BCUT2D eigenvalue weighted by Crippen LogP contribution is -2.45. The largest absolute Gasteiger partial charge is 0.480 e. The number of carbonyl (C=O) groups excluding carboxylic acids is 3. The summed E-state index contributed by atoms with van der Waals surface area (Å²) >= 11 is 0. The second kappa shape index (κ2) is 14.1. The van der Waals surface area contributed by atoms with Gasteiger partial charge in [-0.1, -0.05) is 26.0 Å². The number of allylic oxidation sites excluding steroid dienone is 2. The molecule has 0 saturated carbocycles. The fourth-order valence-electron chi connectivity index (χ4n) is 2.28. The van der Waals surface area contributed by atoms with Gasteiger partial charge in [0.1, 0.15) is 12.1 Å². The van der Waals surface area contributed by atoms with E-state index in [9.17, 15) is 29.1 Å². The summed E-state index contributed by atoms with van der Waals surface area (Å²) in [7, 11) is 0. The van der Waals surface area contributed by atoms with Crippen molar-refractivity contribution in [3.8, 4) is 0 Å². The van der Waals surface area contributed by atoms with E-state index in [2.05, 4.69) is 10.6 Å². The van der Waals surface area contributed by atoms with Crippen molar-refractivity contribution >= 4 is 29.7 Å². The topological polar surface area (TPSA) is 162 Å². The standard InChI is InChI=1S/C19H31N3O7/c1-4-6-7-13(5-2)10-16(24)22-14(19(28)29)8-9-15(23)20-11-17(25)21-12(3)18(26)27/h6-7,12-14H,4-5,8-11H2,1-3H3,(H,20,23)(H,21,25)(H,22,24)(H,26,27)(H,28,29)/t12-,13-,14+/m0/s1/i/hD. The minimum Gasteiger partial charge on any atom is -0.480 e. The molecule has 0 aliphatic rings. The second-order valence-corrected chi connectivity index (χ2v) is 6.54. The van der Waals surface area contributed by atoms with E-state index in [0.717, 1.165) is 12.8 Å². The molecule has 0 aromatic heterocycles. The molecule has 0 spiro atoms. The number of carbonyl (C=O) groups is 5. The first-order valence-corrected chi connectivity index (χ1v) is 9.51. The quantitative estimate of drug-likeness (QED) is 0.257. The van der Waals surface area contributed by atoms with Crippen LogP contribution in [-0.4, -0.2) is 58.5 Å². The number of amides is 3. The predicted molar refractivity (Wildman–Crippen MR) is 105 cm³/mol. The van der Waals surface area contributed by atoms with Crippen molar-refractivity contribution in [2.24, 2.45) is 5.92 Å². The summed E-state index contributed by atoms with van der Waals surface area (Å²) < 4.78 is 7.57. The van der Waals surface area contributed by atoms with Crippen molar-refractivity contribution in [1.29, 1.82) is 0 Å². The fraction of sp³-hybridized carbons (Fsp3) is 0.632. The summed E-state index contributed by atoms with van der Waals surface area (Å²) in [6, 6.07) is -2.48. The van der Waals surface area contributed by atoms with Gasteiger partial charge in [0, 0.05) is 12.8 Å². The van der Waals surface area contributed by atoms with Crippen LogP contribution in [0.1, 0.15) is 52.9 Å². The molecule has 0 radical (unpaired) electrons. The highest BCUT2D eigenvalue weighted by molar-refractivity contribution is 5.88.